The first-order valence-electron chi connectivity index (χ1n) is 9.49. The summed E-state index contributed by atoms with van der Waals surface area (Å²) in [7, 11) is 0. The Morgan fingerprint density at radius 2 is 1.52 bits per heavy atom. The van der Waals surface area contributed by atoms with Crippen LogP contribution in [0.2, 0.25) is 0 Å². The van der Waals surface area contributed by atoms with Gasteiger partial charge in [-0.05, 0) is 30.5 Å². The second-order valence-corrected chi connectivity index (χ2v) is 6.76. The maximum atomic E-state index is 12.0. The summed E-state index contributed by atoms with van der Waals surface area (Å²) in [5, 5.41) is 46.9. The number of esters is 1. The third kappa shape index (κ3) is 8.36. The van der Waals surface area contributed by atoms with E-state index in [0.29, 0.717) is 5.56 Å². The molecule has 1 aromatic rings. The normalized spacial score (nSPS) is 15.8. The van der Waals surface area contributed by atoms with Gasteiger partial charge in [0.2, 0.25) is 0 Å². The van der Waals surface area contributed by atoms with E-state index in [0.717, 1.165) is 18.4 Å². The minimum atomic E-state index is -1.75. The molecular formula is C20H32O7. The molecule has 0 heterocycles. The zero-order chi connectivity index (χ0) is 20.2. The van der Waals surface area contributed by atoms with Crippen LogP contribution in [0, 0.1) is 0 Å². The van der Waals surface area contributed by atoms with Gasteiger partial charge in [-0.3, -0.25) is 0 Å². The molecule has 0 radical (unpaired) electrons. The van der Waals surface area contributed by atoms with Crippen LogP contribution in [0.4, 0.5) is 0 Å². The first-order valence-corrected chi connectivity index (χ1v) is 9.49. The monoisotopic (exact) mass is 384 g/mol. The van der Waals surface area contributed by atoms with Crippen molar-refractivity contribution in [1.29, 1.82) is 0 Å². The van der Waals surface area contributed by atoms with Crippen LogP contribution in [0.1, 0.15) is 54.9 Å². The maximum absolute atomic E-state index is 12.0. The van der Waals surface area contributed by atoms with Crippen molar-refractivity contribution in [3.8, 4) is 0 Å². The first-order chi connectivity index (χ1) is 12.9. The molecule has 0 aliphatic rings. The number of carbonyl (C=O) groups is 1. The van der Waals surface area contributed by atoms with E-state index in [4.69, 9.17) is 9.84 Å². The van der Waals surface area contributed by atoms with Gasteiger partial charge in [-0.25, -0.2) is 4.79 Å². The van der Waals surface area contributed by atoms with E-state index in [2.05, 4.69) is 6.92 Å². The van der Waals surface area contributed by atoms with Crippen molar-refractivity contribution in [1.82, 2.24) is 0 Å². The Labute approximate surface area is 160 Å². The molecule has 0 unspecified atom stereocenters. The molecule has 4 atom stereocenters. The Hall–Kier alpha value is -1.51. The predicted octanol–water partition coefficient (Wildman–Crippen LogP) is 0.792. The highest BCUT2D eigenvalue weighted by Crippen LogP contribution is 2.12. The zero-order valence-electron chi connectivity index (χ0n) is 15.8. The Balaban J connectivity index is 2.41. The molecule has 0 saturated heterocycles. The van der Waals surface area contributed by atoms with Gasteiger partial charge < -0.3 is 30.3 Å². The molecule has 0 fully saturated rings. The van der Waals surface area contributed by atoms with E-state index in [1.54, 1.807) is 12.1 Å². The van der Waals surface area contributed by atoms with Gasteiger partial charge in [-0.1, -0.05) is 44.7 Å². The Bertz CT molecular complexity index is 532. The molecule has 1 rings (SSSR count). The van der Waals surface area contributed by atoms with E-state index in [-0.39, 0.29) is 0 Å². The summed E-state index contributed by atoms with van der Waals surface area (Å²) in [6, 6.07) is 7.03. The van der Waals surface area contributed by atoms with Crippen LogP contribution >= 0.6 is 0 Å². The molecule has 0 amide bonds. The lowest BCUT2D eigenvalue weighted by Gasteiger charge is -2.25. The zero-order valence-corrected chi connectivity index (χ0v) is 15.8. The number of aliphatic hydroxyl groups is 5. The third-order valence-electron chi connectivity index (χ3n) is 4.47. The standard InChI is InChI=1S/C20H32O7/c1-2-3-4-5-6-7-14-8-10-15(11-9-14)20(26)27-13-17(23)19(25)18(24)16(22)12-21/h8-11,16-19,21-25H,2-7,12-13H2,1H3/t16-,17+,18+,19+/m0/s1. The van der Waals surface area contributed by atoms with Crippen molar-refractivity contribution in [2.75, 3.05) is 13.2 Å². The largest absolute Gasteiger partial charge is 0.459 e. The van der Waals surface area contributed by atoms with Gasteiger partial charge in [-0.2, -0.15) is 0 Å². The molecule has 0 aliphatic heterocycles. The molecule has 7 heteroatoms. The van der Waals surface area contributed by atoms with Crippen molar-refractivity contribution in [3.63, 3.8) is 0 Å². The van der Waals surface area contributed by atoms with Crippen LogP contribution in [0.5, 0.6) is 0 Å². The first kappa shape index (κ1) is 23.5. The van der Waals surface area contributed by atoms with Crippen LogP contribution in [-0.2, 0) is 11.2 Å². The molecule has 0 aromatic heterocycles. The van der Waals surface area contributed by atoms with E-state index >= 15 is 0 Å². The molecule has 0 bridgehead atoms. The molecule has 1 aromatic carbocycles. The molecular weight excluding hydrogens is 352 g/mol. The summed E-state index contributed by atoms with van der Waals surface area (Å²) in [5.41, 5.74) is 1.46. The molecule has 0 saturated carbocycles. The number of aryl methyl sites for hydroxylation is 1. The summed E-state index contributed by atoms with van der Waals surface area (Å²) in [6.07, 6.45) is 0.256. The number of benzene rings is 1. The summed E-state index contributed by atoms with van der Waals surface area (Å²) in [5.74, 6) is -0.659. The Morgan fingerprint density at radius 1 is 0.926 bits per heavy atom. The smallest absolute Gasteiger partial charge is 0.338 e. The number of carbonyl (C=O) groups excluding carboxylic acids is 1. The van der Waals surface area contributed by atoms with Crippen LogP contribution in [0.15, 0.2) is 24.3 Å². The second-order valence-electron chi connectivity index (χ2n) is 6.76. The van der Waals surface area contributed by atoms with Crippen LogP contribution in [-0.4, -0.2) is 69.1 Å². The van der Waals surface area contributed by atoms with Crippen molar-refractivity contribution >= 4 is 5.97 Å². The highest BCUT2D eigenvalue weighted by Gasteiger charge is 2.30. The highest BCUT2D eigenvalue weighted by atomic mass is 16.5. The summed E-state index contributed by atoms with van der Waals surface area (Å²) < 4.78 is 4.94. The minimum Gasteiger partial charge on any atom is -0.459 e. The maximum Gasteiger partial charge on any atom is 0.338 e. The Morgan fingerprint density at radius 3 is 2.11 bits per heavy atom. The fraction of sp³-hybridized carbons (Fsp3) is 0.650. The number of unbranched alkanes of at least 4 members (excludes halogenated alkanes) is 4. The van der Waals surface area contributed by atoms with Gasteiger partial charge in [0.25, 0.3) is 0 Å². The molecule has 5 N–H and O–H groups in total. The second kappa shape index (κ2) is 12.8. The van der Waals surface area contributed by atoms with Crippen LogP contribution in [0.3, 0.4) is 0 Å². The van der Waals surface area contributed by atoms with Crippen molar-refractivity contribution in [2.24, 2.45) is 0 Å². The number of hydrogen-bond donors (Lipinski definition) is 5. The van der Waals surface area contributed by atoms with E-state index in [9.17, 15) is 25.2 Å². The molecule has 7 nitrogen and oxygen atoms in total. The summed E-state index contributed by atoms with van der Waals surface area (Å²) in [4.78, 5) is 12.0. The number of hydrogen-bond acceptors (Lipinski definition) is 7. The molecule has 0 aliphatic carbocycles. The SMILES string of the molecule is CCCCCCCc1ccc(C(=O)OC[C@@H](O)[C@@H](O)[C@H](O)[C@@H](O)CO)cc1. The summed E-state index contributed by atoms with van der Waals surface area (Å²) in [6.45, 7) is 0.863. The van der Waals surface area contributed by atoms with Crippen LogP contribution < -0.4 is 0 Å². The van der Waals surface area contributed by atoms with Gasteiger partial charge in [0.1, 0.15) is 31.0 Å². The predicted molar refractivity (Wildman–Crippen MR) is 100 cm³/mol. The lowest BCUT2D eigenvalue weighted by atomic mass is 10.0. The molecule has 27 heavy (non-hydrogen) atoms. The molecule has 0 spiro atoms. The summed E-state index contributed by atoms with van der Waals surface area (Å²) >= 11 is 0. The van der Waals surface area contributed by atoms with Crippen molar-refractivity contribution in [3.05, 3.63) is 35.4 Å². The van der Waals surface area contributed by atoms with Crippen LogP contribution in [0.25, 0.3) is 0 Å². The van der Waals surface area contributed by atoms with E-state index in [1.807, 2.05) is 12.1 Å². The van der Waals surface area contributed by atoms with Gasteiger partial charge in [0.15, 0.2) is 0 Å². The van der Waals surface area contributed by atoms with Crippen molar-refractivity contribution < 1.29 is 35.1 Å². The Kier molecular flexibility index (Phi) is 11.2. The fourth-order valence-electron chi connectivity index (χ4n) is 2.65. The average Bonchev–Trinajstić information content (AvgIpc) is 2.70. The number of rotatable bonds is 13. The van der Waals surface area contributed by atoms with Gasteiger partial charge >= 0.3 is 5.97 Å². The van der Waals surface area contributed by atoms with E-state index in [1.165, 1.54) is 25.7 Å². The molecule has 154 valence electrons. The van der Waals surface area contributed by atoms with E-state index < -0.39 is 43.6 Å². The fourth-order valence-corrected chi connectivity index (χ4v) is 2.65. The minimum absolute atomic E-state index is 0.322. The lowest BCUT2D eigenvalue weighted by molar-refractivity contribution is -0.124. The third-order valence-corrected chi connectivity index (χ3v) is 4.47. The number of ether oxygens (including phenoxy) is 1. The highest BCUT2D eigenvalue weighted by molar-refractivity contribution is 5.89. The van der Waals surface area contributed by atoms with Gasteiger partial charge in [0.05, 0.1) is 12.2 Å². The number of aliphatic hydroxyl groups excluding tert-OH is 5. The van der Waals surface area contributed by atoms with Crippen molar-refractivity contribution in [2.45, 2.75) is 69.9 Å². The topological polar surface area (TPSA) is 127 Å². The average molecular weight is 384 g/mol. The van der Waals surface area contributed by atoms with Gasteiger partial charge in [0, 0.05) is 0 Å². The lowest BCUT2D eigenvalue weighted by Crippen LogP contribution is -2.47. The quantitative estimate of drug-likeness (QED) is 0.251. The van der Waals surface area contributed by atoms with Gasteiger partial charge in [-0.15, -0.1) is 0 Å².